The largest absolute Gasteiger partial charge is 0.367 e. The Labute approximate surface area is 179 Å². The monoisotopic (exact) mass is 422 g/mol. The smallest absolute Gasteiger partial charge is 0.251 e. The van der Waals surface area contributed by atoms with Crippen molar-refractivity contribution in [3.63, 3.8) is 0 Å². The number of nitrogens with zero attached hydrogens (tertiary/aromatic N) is 2. The number of fused-ring (bicyclic) bond motifs is 1. The summed E-state index contributed by atoms with van der Waals surface area (Å²) in [6.45, 7) is 1.68. The summed E-state index contributed by atoms with van der Waals surface area (Å²) in [5.41, 5.74) is 8.74. The molecule has 1 fully saturated rings. The Morgan fingerprint density at radius 3 is 2.84 bits per heavy atom. The number of hydrogen-bond donors (Lipinski definition) is 2. The highest BCUT2D eigenvalue weighted by molar-refractivity contribution is 5.99. The number of halogens is 1. The molecule has 0 bridgehead atoms. The highest BCUT2D eigenvalue weighted by Gasteiger charge is 2.28. The fourth-order valence-corrected chi connectivity index (χ4v) is 4.05. The molecular weight excluding hydrogens is 399 g/mol. The van der Waals surface area contributed by atoms with E-state index in [1.807, 2.05) is 17.0 Å². The average Bonchev–Trinajstić information content (AvgIpc) is 2.97. The fourth-order valence-electron chi connectivity index (χ4n) is 4.05. The van der Waals surface area contributed by atoms with E-state index < -0.39 is 23.9 Å². The SMILES string of the molecule is N#C[C@H](Cc1ccc(-c2ccc3c(c2)C(=O)NC3)cc1F)N1CCCO[C@H](C(N)=O)C1. The van der Waals surface area contributed by atoms with Crippen LogP contribution in [0.3, 0.4) is 0 Å². The number of carbonyl (C=O) groups is 2. The van der Waals surface area contributed by atoms with Crippen LogP contribution in [0.4, 0.5) is 4.39 Å². The van der Waals surface area contributed by atoms with Crippen LogP contribution in [0.5, 0.6) is 0 Å². The first-order chi connectivity index (χ1) is 15.0. The van der Waals surface area contributed by atoms with Crippen LogP contribution >= 0.6 is 0 Å². The summed E-state index contributed by atoms with van der Waals surface area (Å²) in [5.74, 6) is -1.11. The van der Waals surface area contributed by atoms with Gasteiger partial charge in [0.15, 0.2) is 0 Å². The Balaban J connectivity index is 1.53. The van der Waals surface area contributed by atoms with Gasteiger partial charge in [0.25, 0.3) is 5.91 Å². The van der Waals surface area contributed by atoms with Crippen LogP contribution in [0.2, 0.25) is 0 Å². The molecule has 2 aromatic rings. The second-order valence-electron chi connectivity index (χ2n) is 7.82. The number of hydrogen-bond acceptors (Lipinski definition) is 5. The Hall–Kier alpha value is -3.28. The average molecular weight is 422 g/mol. The maximum atomic E-state index is 14.9. The van der Waals surface area contributed by atoms with Crippen molar-refractivity contribution in [2.24, 2.45) is 5.73 Å². The number of nitrogens with one attached hydrogen (secondary N) is 1. The first-order valence-corrected chi connectivity index (χ1v) is 10.2. The minimum atomic E-state index is -0.775. The number of ether oxygens (including phenoxy) is 1. The zero-order chi connectivity index (χ0) is 22.0. The second kappa shape index (κ2) is 8.84. The van der Waals surface area contributed by atoms with Crippen molar-refractivity contribution in [3.05, 3.63) is 58.9 Å². The zero-order valence-corrected chi connectivity index (χ0v) is 16.9. The Kier molecular flexibility index (Phi) is 5.98. The van der Waals surface area contributed by atoms with Crippen molar-refractivity contribution >= 4 is 11.8 Å². The molecule has 0 spiro atoms. The fraction of sp³-hybridized carbons (Fsp3) is 0.348. The molecule has 2 aliphatic heterocycles. The lowest BCUT2D eigenvalue weighted by atomic mass is 9.97. The molecule has 2 atom stereocenters. The van der Waals surface area contributed by atoms with Gasteiger partial charge >= 0.3 is 0 Å². The number of nitrogens with two attached hydrogens (primary N) is 1. The Morgan fingerprint density at radius 2 is 2.10 bits per heavy atom. The van der Waals surface area contributed by atoms with Crippen molar-refractivity contribution in [1.82, 2.24) is 10.2 Å². The maximum absolute atomic E-state index is 14.9. The standard InChI is InChI=1S/C23H23FN4O3/c24-20-10-15(14-3-5-17-12-27-23(30)19(17)9-14)2-4-16(20)8-18(11-25)28-6-1-7-31-21(13-28)22(26)29/h2-5,9-10,18,21H,1,6-8,12-13H2,(H2,26,29)(H,27,30)/t18-,21-/m0/s1. The Morgan fingerprint density at radius 1 is 1.32 bits per heavy atom. The van der Waals surface area contributed by atoms with Gasteiger partial charge in [-0.15, -0.1) is 0 Å². The normalized spacial score (nSPS) is 19.7. The van der Waals surface area contributed by atoms with Gasteiger partial charge in [-0.05, 0) is 40.8 Å². The number of rotatable bonds is 5. The molecular formula is C23H23FN4O3. The van der Waals surface area contributed by atoms with Crippen molar-refractivity contribution < 1.29 is 18.7 Å². The molecule has 2 heterocycles. The third-order valence-electron chi connectivity index (χ3n) is 5.81. The number of nitriles is 1. The van der Waals surface area contributed by atoms with Crippen LogP contribution in [0.1, 0.15) is 27.9 Å². The summed E-state index contributed by atoms with van der Waals surface area (Å²) in [7, 11) is 0. The Bertz CT molecular complexity index is 1070. The lowest BCUT2D eigenvalue weighted by molar-refractivity contribution is -0.129. The number of amides is 2. The first-order valence-electron chi connectivity index (χ1n) is 10.2. The van der Waals surface area contributed by atoms with Gasteiger partial charge in [0.1, 0.15) is 18.0 Å². The van der Waals surface area contributed by atoms with Crippen LogP contribution in [-0.4, -0.2) is 48.6 Å². The summed E-state index contributed by atoms with van der Waals surface area (Å²) < 4.78 is 20.4. The van der Waals surface area contributed by atoms with E-state index in [2.05, 4.69) is 11.4 Å². The van der Waals surface area contributed by atoms with E-state index >= 15 is 0 Å². The summed E-state index contributed by atoms with van der Waals surface area (Å²) in [5, 5.41) is 12.5. The molecule has 2 amide bonds. The van der Waals surface area contributed by atoms with Gasteiger partial charge in [0.05, 0.1) is 6.07 Å². The maximum Gasteiger partial charge on any atom is 0.251 e. The van der Waals surface area contributed by atoms with Crippen molar-refractivity contribution in [1.29, 1.82) is 5.26 Å². The summed E-state index contributed by atoms with van der Waals surface area (Å²) in [6, 6.07) is 12.0. The van der Waals surface area contributed by atoms with Crippen molar-refractivity contribution in [3.8, 4) is 17.2 Å². The molecule has 160 valence electrons. The molecule has 0 unspecified atom stereocenters. The second-order valence-corrected chi connectivity index (χ2v) is 7.82. The van der Waals surface area contributed by atoms with Crippen LogP contribution in [0.15, 0.2) is 36.4 Å². The zero-order valence-electron chi connectivity index (χ0n) is 16.9. The van der Waals surface area contributed by atoms with Crippen LogP contribution in [-0.2, 0) is 22.5 Å². The molecule has 0 radical (unpaired) electrons. The lowest BCUT2D eigenvalue weighted by Gasteiger charge is -2.27. The highest BCUT2D eigenvalue weighted by atomic mass is 19.1. The van der Waals surface area contributed by atoms with E-state index in [1.54, 1.807) is 18.2 Å². The molecule has 7 nitrogen and oxygen atoms in total. The quantitative estimate of drug-likeness (QED) is 0.763. The molecule has 2 aromatic carbocycles. The predicted octanol–water partition coefficient (Wildman–Crippen LogP) is 1.75. The predicted molar refractivity (Wildman–Crippen MR) is 111 cm³/mol. The first kappa shape index (κ1) is 21.0. The topological polar surface area (TPSA) is 108 Å². The molecule has 8 heteroatoms. The minimum absolute atomic E-state index is 0.124. The summed E-state index contributed by atoms with van der Waals surface area (Å²) in [6.07, 6.45) is 0.0678. The van der Waals surface area contributed by atoms with Crippen LogP contribution in [0, 0.1) is 17.1 Å². The number of benzene rings is 2. The molecule has 0 aromatic heterocycles. The van der Waals surface area contributed by atoms with Crippen molar-refractivity contribution in [2.75, 3.05) is 19.7 Å². The van der Waals surface area contributed by atoms with Crippen LogP contribution < -0.4 is 11.1 Å². The molecule has 31 heavy (non-hydrogen) atoms. The van der Waals surface area contributed by atoms with Gasteiger partial charge in [-0.1, -0.05) is 24.3 Å². The lowest BCUT2D eigenvalue weighted by Crippen LogP contribution is -2.45. The van der Waals surface area contributed by atoms with Gasteiger partial charge in [0.2, 0.25) is 5.91 Å². The molecule has 0 aliphatic carbocycles. The van der Waals surface area contributed by atoms with Crippen LogP contribution in [0.25, 0.3) is 11.1 Å². The number of carbonyl (C=O) groups excluding carboxylic acids is 2. The van der Waals surface area contributed by atoms with Gasteiger partial charge < -0.3 is 15.8 Å². The molecule has 4 rings (SSSR count). The minimum Gasteiger partial charge on any atom is -0.367 e. The third kappa shape index (κ3) is 4.43. The van der Waals surface area contributed by atoms with Gasteiger partial charge in [-0.3, -0.25) is 14.5 Å². The van der Waals surface area contributed by atoms with Gasteiger partial charge in [0, 0.05) is 38.2 Å². The van der Waals surface area contributed by atoms with E-state index in [1.165, 1.54) is 6.07 Å². The van der Waals surface area contributed by atoms with E-state index in [9.17, 15) is 19.2 Å². The van der Waals surface area contributed by atoms with Gasteiger partial charge in [-0.2, -0.15) is 5.26 Å². The van der Waals surface area contributed by atoms with Crippen molar-refractivity contribution in [2.45, 2.75) is 31.5 Å². The third-order valence-corrected chi connectivity index (χ3v) is 5.81. The van der Waals surface area contributed by atoms with E-state index in [-0.39, 0.29) is 18.9 Å². The van der Waals surface area contributed by atoms with E-state index in [4.69, 9.17) is 10.5 Å². The van der Waals surface area contributed by atoms with E-state index in [0.717, 1.165) is 11.1 Å². The summed E-state index contributed by atoms with van der Waals surface area (Å²) in [4.78, 5) is 25.3. The number of primary amides is 1. The summed E-state index contributed by atoms with van der Waals surface area (Å²) >= 11 is 0. The van der Waals surface area contributed by atoms with Gasteiger partial charge in [-0.25, -0.2) is 4.39 Å². The molecule has 1 saturated heterocycles. The molecule has 3 N–H and O–H groups in total. The highest BCUT2D eigenvalue weighted by Crippen LogP contribution is 2.27. The molecule has 2 aliphatic rings. The van der Waals surface area contributed by atoms with E-state index in [0.29, 0.717) is 42.8 Å². The molecule has 0 saturated carbocycles.